The maximum absolute atomic E-state index is 11.8. The van der Waals surface area contributed by atoms with Crippen LogP contribution in [0.15, 0.2) is 18.3 Å². The van der Waals surface area contributed by atoms with Gasteiger partial charge in [0.2, 0.25) is 0 Å². The van der Waals surface area contributed by atoms with Gasteiger partial charge in [-0.2, -0.15) is 0 Å². The van der Waals surface area contributed by atoms with Crippen LogP contribution in [0.4, 0.5) is 11.5 Å². The van der Waals surface area contributed by atoms with E-state index in [-0.39, 0.29) is 12.0 Å². The molecule has 17 heavy (non-hydrogen) atoms. The van der Waals surface area contributed by atoms with Crippen LogP contribution in [0, 0.1) is 0 Å². The Morgan fingerprint density at radius 3 is 3.24 bits per heavy atom. The molecule has 1 aliphatic rings. The molecule has 0 aliphatic carbocycles. The topological polar surface area (TPSA) is 68.5 Å². The van der Waals surface area contributed by atoms with E-state index in [1.54, 1.807) is 18.3 Å². The quantitative estimate of drug-likeness (QED) is 0.797. The maximum Gasteiger partial charge on any atom is 0.328 e. The molecule has 1 fully saturated rings. The summed E-state index contributed by atoms with van der Waals surface area (Å²) in [6, 6.07) is 3.31. The second-order valence-corrected chi connectivity index (χ2v) is 4.05. The summed E-state index contributed by atoms with van der Waals surface area (Å²) >= 11 is 0. The van der Waals surface area contributed by atoms with Crippen LogP contribution in [0.2, 0.25) is 0 Å². The first-order chi connectivity index (χ1) is 8.22. The summed E-state index contributed by atoms with van der Waals surface area (Å²) in [4.78, 5) is 18.0. The first kappa shape index (κ1) is 11.7. The van der Waals surface area contributed by atoms with E-state index in [4.69, 9.17) is 10.5 Å². The number of nitrogens with two attached hydrogens (primary N) is 1. The highest BCUT2D eigenvalue weighted by Gasteiger charge is 2.32. The number of carbonyl (C=O) groups is 1. The molecule has 0 spiro atoms. The van der Waals surface area contributed by atoms with Crippen molar-refractivity contribution in [2.45, 2.75) is 25.8 Å². The zero-order valence-corrected chi connectivity index (χ0v) is 9.93. The lowest BCUT2D eigenvalue weighted by molar-refractivity contribution is -0.144. The number of carbonyl (C=O) groups excluding carboxylic acids is 1. The molecule has 92 valence electrons. The molecule has 2 heterocycles. The van der Waals surface area contributed by atoms with E-state index in [9.17, 15) is 4.79 Å². The Labute approximate surface area is 101 Å². The average molecular weight is 235 g/mol. The third kappa shape index (κ3) is 2.49. The molecule has 1 atom stereocenters. The number of hydrogen-bond acceptors (Lipinski definition) is 5. The van der Waals surface area contributed by atoms with Crippen molar-refractivity contribution < 1.29 is 9.53 Å². The van der Waals surface area contributed by atoms with E-state index in [2.05, 4.69) is 4.98 Å². The predicted molar refractivity (Wildman–Crippen MR) is 65.7 cm³/mol. The van der Waals surface area contributed by atoms with Crippen LogP contribution in [0.5, 0.6) is 0 Å². The van der Waals surface area contributed by atoms with Crippen LogP contribution in [0.1, 0.15) is 19.8 Å². The van der Waals surface area contributed by atoms with Gasteiger partial charge < -0.3 is 15.4 Å². The summed E-state index contributed by atoms with van der Waals surface area (Å²) in [6.07, 6.45) is 3.44. The van der Waals surface area contributed by atoms with Crippen molar-refractivity contribution in [2.24, 2.45) is 0 Å². The zero-order valence-electron chi connectivity index (χ0n) is 9.93. The van der Waals surface area contributed by atoms with E-state index in [1.807, 2.05) is 11.8 Å². The summed E-state index contributed by atoms with van der Waals surface area (Å²) in [6.45, 7) is 3.05. The Hall–Kier alpha value is -1.78. The number of nitrogen functional groups attached to an aromatic ring is 1. The Morgan fingerprint density at radius 2 is 2.53 bits per heavy atom. The third-order valence-electron chi connectivity index (χ3n) is 2.88. The van der Waals surface area contributed by atoms with Crippen LogP contribution < -0.4 is 10.6 Å². The monoisotopic (exact) mass is 235 g/mol. The van der Waals surface area contributed by atoms with Gasteiger partial charge in [-0.3, -0.25) is 0 Å². The standard InChI is InChI=1S/C12H17N3O2/c1-2-17-12(16)10-4-3-7-15(10)11-8-9(13)5-6-14-11/h5-6,8,10H,2-4,7H2,1H3,(H2,13,14). The van der Waals surface area contributed by atoms with E-state index in [1.165, 1.54) is 0 Å². The number of esters is 1. The first-order valence-corrected chi connectivity index (χ1v) is 5.87. The van der Waals surface area contributed by atoms with Crippen molar-refractivity contribution in [3.63, 3.8) is 0 Å². The van der Waals surface area contributed by atoms with Gasteiger partial charge in [0.15, 0.2) is 0 Å². The minimum Gasteiger partial charge on any atom is -0.464 e. The fourth-order valence-electron chi connectivity index (χ4n) is 2.12. The van der Waals surface area contributed by atoms with Crippen molar-refractivity contribution in [3.8, 4) is 0 Å². The van der Waals surface area contributed by atoms with Gasteiger partial charge in [-0.1, -0.05) is 0 Å². The van der Waals surface area contributed by atoms with Crippen LogP contribution in [0.3, 0.4) is 0 Å². The molecule has 0 radical (unpaired) electrons. The van der Waals surface area contributed by atoms with Gasteiger partial charge in [-0.15, -0.1) is 0 Å². The smallest absolute Gasteiger partial charge is 0.328 e. The van der Waals surface area contributed by atoms with Crippen molar-refractivity contribution in [2.75, 3.05) is 23.8 Å². The molecule has 2 N–H and O–H groups in total. The van der Waals surface area contributed by atoms with E-state index in [0.29, 0.717) is 12.3 Å². The van der Waals surface area contributed by atoms with Crippen molar-refractivity contribution in [1.29, 1.82) is 0 Å². The van der Waals surface area contributed by atoms with E-state index in [0.717, 1.165) is 25.2 Å². The van der Waals surface area contributed by atoms with Gasteiger partial charge in [0.1, 0.15) is 11.9 Å². The van der Waals surface area contributed by atoms with Crippen LogP contribution in [-0.2, 0) is 9.53 Å². The number of rotatable bonds is 3. The molecular weight excluding hydrogens is 218 g/mol. The number of ether oxygens (including phenoxy) is 1. The van der Waals surface area contributed by atoms with Gasteiger partial charge >= 0.3 is 5.97 Å². The minimum absolute atomic E-state index is 0.172. The van der Waals surface area contributed by atoms with Gasteiger partial charge in [-0.25, -0.2) is 9.78 Å². The first-order valence-electron chi connectivity index (χ1n) is 5.87. The fourth-order valence-corrected chi connectivity index (χ4v) is 2.12. The molecule has 1 aliphatic heterocycles. The Morgan fingerprint density at radius 1 is 1.71 bits per heavy atom. The molecular formula is C12H17N3O2. The predicted octanol–water partition coefficient (Wildman–Crippen LogP) is 1.20. The van der Waals surface area contributed by atoms with E-state index >= 15 is 0 Å². The van der Waals surface area contributed by atoms with Gasteiger partial charge in [0.05, 0.1) is 6.61 Å². The van der Waals surface area contributed by atoms with Crippen molar-refractivity contribution >= 4 is 17.5 Å². The molecule has 0 saturated carbocycles. The lowest BCUT2D eigenvalue weighted by Crippen LogP contribution is -2.37. The highest BCUT2D eigenvalue weighted by atomic mass is 16.5. The molecule has 5 nitrogen and oxygen atoms in total. The Kier molecular flexibility index (Phi) is 3.46. The maximum atomic E-state index is 11.8. The molecule has 0 bridgehead atoms. The molecule has 0 aromatic carbocycles. The lowest BCUT2D eigenvalue weighted by Gasteiger charge is -2.24. The van der Waals surface area contributed by atoms with Crippen LogP contribution >= 0.6 is 0 Å². The van der Waals surface area contributed by atoms with Crippen molar-refractivity contribution in [3.05, 3.63) is 18.3 Å². The highest BCUT2D eigenvalue weighted by molar-refractivity contribution is 5.80. The number of nitrogens with zero attached hydrogens (tertiary/aromatic N) is 2. The Balaban J connectivity index is 2.17. The van der Waals surface area contributed by atoms with Crippen molar-refractivity contribution in [1.82, 2.24) is 4.98 Å². The average Bonchev–Trinajstić information content (AvgIpc) is 2.78. The largest absolute Gasteiger partial charge is 0.464 e. The summed E-state index contributed by atoms with van der Waals surface area (Å²) < 4.78 is 5.07. The second-order valence-electron chi connectivity index (χ2n) is 4.05. The fraction of sp³-hybridized carbons (Fsp3) is 0.500. The molecule has 1 unspecified atom stereocenters. The lowest BCUT2D eigenvalue weighted by atomic mass is 10.2. The van der Waals surface area contributed by atoms with Crippen LogP contribution in [-0.4, -0.2) is 30.1 Å². The molecule has 0 amide bonds. The highest BCUT2D eigenvalue weighted by Crippen LogP contribution is 2.25. The second kappa shape index (κ2) is 5.03. The molecule has 5 heteroatoms. The Bertz CT molecular complexity index is 408. The van der Waals surface area contributed by atoms with Gasteiger partial charge in [-0.05, 0) is 25.8 Å². The van der Waals surface area contributed by atoms with Crippen LogP contribution in [0.25, 0.3) is 0 Å². The molecule has 1 aromatic heterocycles. The normalized spacial score (nSPS) is 19.4. The number of hydrogen-bond donors (Lipinski definition) is 1. The van der Waals surface area contributed by atoms with E-state index < -0.39 is 0 Å². The van der Waals surface area contributed by atoms with Gasteiger partial charge in [0, 0.05) is 24.5 Å². The summed E-state index contributed by atoms with van der Waals surface area (Å²) in [5.74, 6) is 0.578. The van der Waals surface area contributed by atoms with Gasteiger partial charge in [0.25, 0.3) is 0 Å². The molecule has 2 rings (SSSR count). The SMILES string of the molecule is CCOC(=O)C1CCCN1c1cc(N)ccn1. The zero-order chi connectivity index (χ0) is 12.3. The summed E-state index contributed by atoms with van der Waals surface area (Å²) in [7, 11) is 0. The molecule has 1 aromatic rings. The number of pyridine rings is 1. The minimum atomic E-state index is -0.218. The molecule has 1 saturated heterocycles. The summed E-state index contributed by atoms with van der Waals surface area (Å²) in [5, 5.41) is 0. The third-order valence-corrected chi connectivity index (χ3v) is 2.88. The summed E-state index contributed by atoms with van der Waals surface area (Å²) in [5.41, 5.74) is 6.38. The number of anilines is 2. The number of aromatic nitrogens is 1.